The first-order chi connectivity index (χ1) is 14.7. The molecule has 5 heteroatoms. The number of thioether (sulfide) groups is 2. The van der Waals surface area contributed by atoms with Crippen LogP contribution in [-0.2, 0) is 6.54 Å². The molecule has 0 atom stereocenters. The van der Waals surface area contributed by atoms with Crippen LogP contribution in [0.25, 0.3) is 0 Å². The van der Waals surface area contributed by atoms with Crippen molar-refractivity contribution in [2.24, 2.45) is 5.92 Å². The molecule has 3 nitrogen and oxygen atoms in total. The standard InChI is InChI=1S/C25H32N2OS2/c1-19-3-5-21(6-4-19)18-27-13-11-20(12-14-27)17-26-24(28)22-7-9-23(10-8-22)25-29-15-2-16-30-25/h3-10,20,25H,2,11-18H2,1H3,(H,26,28). The number of benzene rings is 2. The Bertz CT molecular complexity index is 808. The van der Waals surface area contributed by atoms with E-state index >= 15 is 0 Å². The Balaban J connectivity index is 1.19. The Labute approximate surface area is 189 Å². The molecular weight excluding hydrogens is 408 g/mol. The van der Waals surface area contributed by atoms with E-state index in [-0.39, 0.29) is 5.91 Å². The van der Waals surface area contributed by atoms with Gasteiger partial charge < -0.3 is 5.32 Å². The maximum Gasteiger partial charge on any atom is 0.251 e. The number of aryl methyl sites for hydroxylation is 1. The molecule has 2 aliphatic heterocycles. The monoisotopic (exact) mass is 440 g/mol. The molecule has 0 unspecified atom stereocenters. The van der Waals surface area contributed by atoms with E-state index in [0.29, 0.717) is 10.5 Å². The van der Waals surface area contributed by atoms with Crippen LogP contribution in [0.3, 0.4) is 0 Å². The Morgan fingerprint density at radius 2 is 1.67 bits per heavy atom. The van der Waals surface area contributed by atoms with Crippen molar-refractivity contribution in [1.82, 2.24) is 10.2 Å². The predicted octanol–water partition coefficient (Wildman–Crippen LogP) is 5.51. The van der Waals surface area contributed by atoms with Gasteiger partial charge in [0, 0.05) is 18.7 Å². The van der Waals surface area contributed by atoms with E-state index < -0.39 is 0 Å². The summed E-state index contributed by atoms with van der Waals surface area (Å²) >= 11 is 4.04. The van der Waals surface area contributed by atoms with E-state index in [1.807, 2.05) is 35.7 Å². The molecule has 0 radical (unpaired) electrons. The van der Waals surface area contributed by atoms with Gasteiger partial charge in [-0.25, -0.2) is 0 Å². The van der Waals surface area contributed by atoms with E-state index in [1.54, 1.807) is 0 Å². The summed E-state index contributed by atoms with van der Waals surface area (Å²) < 4.78 is 0.529. The normalized spacial score (nSPS) is 19.0. The van der Waals surface area contributed by atoms with Crippen molar-refractivity contribution < 1.29 is 4.79 Å². The fourth-order valence-electron chi connectivity index (χ4n) is 4.11. The van der Waals surface area contributed by atoms with Gasteiger partial charge in [0.25, 0.3) is 5.91 Å². The molecule has 0 aliphatic carbocycles. The molecule has 0 bridgehead atoms. The van der Waals surface area contributed by atoms with Crippen LogP contribution in [0.1, 0.15) is 50.9 Å². The van der Waals surface area contributed by atoms with Gasteiger partial charge in [0.2, 0.25) is 0 Å². The number of amides is 1. The second-order valence-electron chi connectivity index (χ2n) is 8.46. The number of piperidine rings is 1. The highest BCUT2D eigenvalue weighted by atomic mass is 32.2. The summed E-state index contributed by atoms with van der Waals surface area (Å²) in [6.07, 6.45) is 3.61. The fourth-order valence-corrected chi connectivity index (χ4v) is 7.01. The molecule has 30 heavy (non-hydrogen) atoms. The van der Waals surface area contributed by atoms with Crippen LogP contribution >= 0.6 is 23.5 Å². The molecule has 1 amide bonds. The van der Waals surface area contributed by atoms with Gasteiger partial charge in [0.05, 0.1) is 4.58 Å². The van der Waals surface area contributed by atoms with Crippen molar-refractivity contribution in [3.8, 4) is 0 Å². The van der Waals surface area contributed by atoms with E-state index in [1.165, 1.54) is 34.6 Å². The summed E-state index contributed by atoms with van der Waals surface area (Å²) in [5.74, 6) is 3.12. The highest BCUT2D eigenvalue weighted by molar-refractivity contribution is 8.16. The minimum atomic E-state index is 0.0626. The van der Waals surface area contributed by atoms with Gasteiger partial charge >= 0.3 is 0 Å². The van der Waals surface area contributed by atoms with Crippen molar-refractivity contribution in [2.75, 3.05) is 31.1 Å². The van der Waals surface area contributed by atoms with Crippen molar-refractivity contribution in [3.63, 3.8) is 0 Å². The van der Waals surface area contributed by atoms with Gasteiger partial charge in [0.1, 0.15) is 0 Å². The molecule has 1 N–H and O–H groups in total. The van der Waals surface area contributed by atoms with E-state index in [2.05, 4.69) is 53.5 Å². The lowest BCUT2D eigenvalue weighted by atomic mass is 9.96. The van der Waals surface area contributed by atoms with Crippen LogP contribution in [0.5, 0.6) is 0 Å². The number of carbonyl (C=O) groups is 1. The quantitative estimate of drug-likeness (QED) is 0.642. The van der Waals surface area contributed by atoms with Gasteiger partial charge in [-0.3, -0.25) is 9.69 Å². The largest absolute Gasteiger partial charge is 0.352 e. The number of hydrogen-bond donors (Lipinski definition) is 1. The van der Waals surface area contributed by atoms with Crippen molar-refractivity contribution in [3.05, 3.63) is 70.8 Å². The van der Waals surface area contributed by atoms with Crippen molar-refractivity contribution >= 4 is 29.4 Å². The Hall–Kier alpha value is -1.43. The lowest BCUT2D eigenvalue weighted by molar-refractivity contribution is 0.0935. The second kappa shape index (κ2) is 10.7. The van der Waals surface area contributed by atoms with Crippen LogP contribution in [0.2, 0.25) is 0 Å². The summed E-state index contributed by atoms with van der Waals surface area (Å²) in [5, 5.41) is 3.17. The fraction of sp³-hybridized carbons (Fsp3) is 0.480. The summed E-state index contributed by atoms with van der Waals surface area (Å²) in [6.45, 7) is 6.17. The minimum Gasteiger partial charge on any atom is -0.352 e. The third-order valence-electron chi connectivity index (χ3n) is 6.06. The molecule has 2 aliphatic rings. The Morgan fingerprint density at radius 1 is 1.00 bits per heavy atom. The number of nitrogens with zero attached hydrogens (tertiary/aromatic N) is 1. The Kier molecular flexibility index (Phi) is 7.80. The molecule has 2 heterocycles. The van der Waals surface area contributed by atoms with Gasteiger partial charge in [-0.2, -0.15) is 0 Å². The third kappa shape index (κ3) is 6.05. The summed E-state index contributed by atoms with van der Waals surface area (Å²) in [6, 6.07) is 17.1. The Morgan fingerprint density at radius 3 is 2.33 bits per heavy atom. The number of hydrogen-bond acceptors (Lipinski definition) is 4. The zero-order valence-corrected chi connectivity index (χ0v) is 19.4. The summed E-state index contributed by atoms with van der Waals surface area (Å²) in [5.41, 5.74) is 4.82. The average molecular weight is 441 g/mol. The highest BCUT2D eigenvalue weighted by Gasteiger charge is 2.20. The molecule has 2 fully saturated rings. The lowest BCUT2D eigenvalue weighted by Gasteiger charge is -2.32. The van der Waals surface area contributed by atoms with Crippen LogP contribution < -0.4 is 5.32 Å². The maximum atomic E-state index is 12.6. The van der Waals surface area contributed by atoms with Crippen molar-refractivity contribution in [2.45, 2.75) is 37.3 Å². The van der Waals surface area contributed by atoms with E-state index in [0.717, 1.165) is 44.6 Å². The average Bonchev–Trinajstić information content (AvgIpc) is 2.80. The maximum absolute atomic E-state index is 12.6. The van der Waals surface area contributed by atoms with Crippen LogP contribution in [-0.4, -0.2) is 41.9 Å². The first-order valence-electron chi connectivity index (χ1n) is 11.1. The van der Waals surface area contributed by atoms with Gasteiger partial charge in [-0.05, 0) is 80.0 Å². The molecule has 2 saturated heterocycles. The van der Waals surface area contributed by atoms with Crippen LogP contribution in [0.4, 0.5) is 0 Å². The topological polar surface area (TPSA) is 32.3 Å². The molecule has 2 aromatic rings. The second-order valence-corrected chi connectivity index (χ2v) is 11.2. The number of carbonyl (C=O) groups excluding carboxylic acids is 1. The number of nitrogens with one attached hydrogen (secondary N) is 1. The molecule has 2 aromatic carbocycles. The molecule has 0 aromatic heterocycles. The first-order valence-corrected chi connectivity index (χ1v) is 13.2. The molecule has 160 valence electrons. The SMILES string of the molecule is Cc1ccc(CN2CCC(CNC(=O)c3ccc(C4SCCCS4)cc3)CC2)cc1. The minimum absolute atomic E-state index is 0.0626. The zero-order valence-electron chi connectivity index (χ0n) is 17.8. The highest BCUT2D eigenvalue weighted by Crippen LogP contribution is 2.43. The van der Waals surface area contributed by atoms with Crippen molar-refractivity contribution in [1.29, 1.82) is 0 Å². The first kappa shape index (κ1) is 21.8. The van der Waals surface area contributed by atoms with E-state index in [4.69, 9.17) is 0 Å². The molecule has 0 spiro atoms. The summed E-state index contributed by atoms with van der Waals surface area (Å²) in [7, 11) is 0. The van der Waals surface area contributed by atoms with Gasteiger partial charge in [-0.15, -0.1) is 23.5 Å². The van der Waals surface area contributed by atoms with Crippen LogP contribution in [0.15, 0.2) is 48.5 Å². The van der Waals surface area contributed by atoms with E-state index in [9.17, 15) is 4.79 Å². The molecule has 0 saturated carbocycles. The summed E-state index contributed by atoms with van der Waals surface area (Å²) in [4.78, 5) is 15.1. The van der Waals surface area contributed by atoms with Gasteiger partial charge in [-0.1, -0.05) is 42.0 Å². The lowest BCUT2D eigenvalue weighted by Crippen LogP contribution is -2.38. The predicted molar refractivity (Wildman–Crippen MR) is 130 cm³/mol. The van der Waals surface area contributed by atoms with Gasteiger partial charge in [0.15, 0.2) is 0 Å². The third-order valence-corrected chi connectivity index (χ3v) is 9.07. The zero-order chi connectivity index (χ0) is 20.8. The smallest absolute Gasteiger partial charge is 0.251 e. The molecule has 4 rings (SSSR count). The van der Waals surface area contributed by atoms with Crippen LogP contribution in [0, 0.1) is 12.8 Å². The number of rotatable bonds is 6. The number of likely N-dealkylation sites (tertiary alicyclic amines) is 1. The molecular formula is C25H32N2OS2.